The average Bonchev–Trinajstić information content (AvgIpc) is 2.49. The minimum Gasteiger partial charge on any atom is -0.493 e. The van der Waals surface area contributed by atoms with Crippen molar-refractivity contribution in [1.82, 2.24) is 0 Å². The lowest BCUT2D eigenvalue weighted by Crippen LogP contribution is -2.28. The van der Waals surface area contributed by atoms with Gasteiger partial charge in [-0.05, 0) is 41.7 Å². The maximum absolute atomic E-state index is 5.93. The zero-order valence-corrected chi connectivity index (χ0v) is 12.4. The average molecular weight is 246 g/mol. The first-order valence-corrected chi connectivity index (χ1v) is 7.22. The quantitative estimate of drug-likeness (QED) is 0.721. The Labute approximate surface area is 112 Å². The van der Waals surface area contributed by atoms with Gasteiger partial charge in [-0.15, -0.1) is 0 Å². The lowest BCUT2D eigenvalue weighted by Gasteiger charge is -2.34. The summed E-state index contributed by atoms with van der Waals surface area (Å²) >= 11 is 0. The van der Waals surface area contributed by atoms with E-state index in [1.807, 2.05) is 0 Å². The third kappa shape index (κ3) is 2.28. The van der Waals surface area contributed by atoms with Crippen molar-refractivity contribution in [2.45, 2.75) is 58.8 Å². The van der Waals surface area contributed by atoms with Crippen molar-refractivity contribution in [1.29, 1.82) is 0 Å². The molecule has 1 aromatic carbocycles. The van der Waals surface area contributed by atoms with Crippen molar-refractivity contribution in [3.63, 3.8) is 0 Å². The number of rotatable bonds is 2. The third-order valence-corrected chi connectivity index (χ3v) is 4.66. The summed E-state index contributed by atoms with van der Waals surface area (Å²) in [6.07, 6.45) is 2.37. The molecular weight excluding hydrogens is 220 g/mol. The van der Waals surface area contributed by atoms with E-state index in [0.29, 0.717) is 11.8 Å². The molecule has 1 heteroatoms. The van der Waals surface area contributed by atoms with Crippen molar-refractivity contribution in [3.8, 4) is 5.75 Å². The maximum Gasteiger partial charge on any atom is 0.123 e. The normalized spacial score (nSPS) is 23.7. The molecule has 0 fully saturated rings. The van der Waals surface area contributed by atoms with Gasteiger partial charge in [-0.3, -0.25) is 0 Å². The number of ether oxygens (including phenoxy) is 1. The molecule has 1 unspecified atom stereocenters. The highest BCUT2D eigenvalue weighted by Crippen LogP contribution is 2.44. The van der Waals surface area contributed by atoms with Crippen molar-refractivity contribution < 1.29 is 4.74 Å². The first kappa shape index (κ1) is 13.5. The molecule has 0 radical (unpaired) electrons. The first-order chi connectivity index (χ1) is 8.45. The summed E-state index contributed by atoms with van der Waals surface area (Å²) in [5.74, 6) is 2.32. The summed E-state index contributed by atoms with van der Waals surface area (Å²) in [6.45, 7) is 12.4. The minimum atomic E-state index is 0.247. The van der Waals surface area contributed by atoms with Crippen LogP contribution in [0.4, 0.5) is 0 Å². The zero-order valence-electron chi connectivity index (χ0n) is 12.4. The second-order valence-corrected chi connectivity index (χ2v) is 6.43. The number of hydrogen-bond donors (Lipinski definition) is 0. The van der Waals surface area contributed by atoms with Crippen LogP contribution in [0.25, 0.3) is 0 Å². The molecule has 2 rings (SSSR count). The van der Waals surface area contributed by atoms with Gasteiger partial charge in [0.2, 0.25) is 0 Å². The molecule has 0 spiro atoms. The van der Waals surface area contributed by atoms with Crippen LogP contribution in [0.15, 0.2) is 18.2 Å². The van der Waals surface area contributed by atoms with Gasteiger partial charge in [0.05, 0.1) is 6.61 Å². The molecule has 1 aliphatic heterocycles. The molecule has 1 nitrogen and oxygen atoms in total. The second kappa shape index (κ2) is 4.95. The Morgan fingerprint density at radius 2 is 1.89 bits per heavy atom. The summed E-state index contributed by atoms with van der Waals surface area (Å²) < 4.78 is 5.93. The Kier molecular flexibility index (Phi) is 3.70. The van der Waals surface area contributed by atoms with Crippen LogP contribution in [0, 0.1) is 5.92 Å². The summed E-state index contributed by atoms with van der Waals surface area (Å²) in [5, 5.41) is 0. The molecule has 0 amide bonds. The van der Waals surface area contributed by atoms with Crippen molar-refractivity contribution in [3.05, 3.63) is 29.3 Å². The Morgan fingerprint density at radius 1 is 1.17 bits per heavy atom. The van der Waals surface area contributed by atoms with E-state index < -0.39 is 0 Å². The van der Waals surface area contributed by atoms with E-state index in [0.717, 1.165) is 18.8 Å². The van der Waals surface area contributed by atoms with Gasteiger partial charge in [0, 0.05) is 5.56 Å². The van der Waals surface area contributed by atoms with Gasteiger partial charge < -0.3 is 4.74 Å². The molecule has 0 saturated carbocycles. The summed E-state index contributed by atoms with van der Waals surface area (Å²) in [5.41, 5.74) is 3.09. The smallest absolute Gasteiger partial charge is 0.123 e. The molecule has 0 N–H and O–H groups in total. The predicted octanol–water partition coefficient (Wildman–Crippen LogP) is 4.90. The Bertz CT molecular complexity index is 420. The molecule has 100 valence electrons. The lowest BCUT2D eigenvalue weighted by molar-refractivity contribution is 0.293. The predicted molar refractivity (Wildman–Crippen MR) is 77.5 cm³/mol. The van der Waals surface area contributed by atoms with Gasteiger partial charge in [-0.2, -0.15) is 0 Å². The summed E-state index contributed by atoms with van der Waals surface area (Å²) in [7, 11) is 0. The van der Waals surface area contributed by atoms with Gasteiger partial charge in [0.25, 0.3) is 0 Å². The van der Waals surface area contributed by atoms with Gasteiger partial charge in [0.15, 0.2) is 0 Å². The highest BCUT2D eigenvalue weighted by Gasteiger charge is 2.34. The van der Waals surface area contributed by atoms with Crippen LogP contribution >= 0.6 is 0 Å². The highest BCUT2D eigenvalue weighted by atomic mass is 16.5. The third-order valence-electron chi connectivity index (χ3n) is 4.66. The van der Waals surface area contributed by atoms with E-state index in [1.54, 1.807) is 0 Å². The maximum atomic E-state index is 5.93. The molecule has 1 heterocycles. The van der Waals surface area contributed by atoms with Crippen LogP contribution in [-0.2, 0) is 5.41 Å². The SMILES string of the molecule is CC(C)c1ccc2c(c1)C(C)(C(C)C)CCCO2. The van der Waals surface area contributed by atoms with Gasteiger partial charge in [-0.1, -0.05) is 46.8 Å². The Morgan fingerprint density at radius 3 is 2.50 bits per heavy atom. The van der Waals surface area contributed by atoms with Crippen LogP contribution in [0.3, 0.4) is 0 Å². The van der Waals surface area contributed by atoms with Crippen molar-refractivity contribution >= 4 is 0 Å². The van der Waals surface area contributed by atoms with Crippen LogP contribution in [0.1, 0.15) is 64.5 Å². The molecule has 0 aliphatic carbocycles. The Balaban J connectivity index is 2.54. The van der Waals surface area contributed by atoms with E-state index in [-0.39, 0.29) is 5.41 Å². The number of hydrogen-bond acceptors (Lipinski definition) is 1. The molecular formula is C17H26O. The van der Waals surface area contributed by atoms with Gasteiger partial charge >= 0.3 is 0 Å². The molecule has 1 atom stereocenters. The van der Waals surface area contributed by atoms with Crippen LogP contribution < -0.4 is 4.74 Å². The fraction of sp³-hybridized carbons (Fsp3) is 0.647. The molecule has 1 aromatic rings. The topological polar surface area (TPSA) is 9.23 Å². The first-order valence-electron chi connectivity index (χ1n) is 7.22. The summed E-state index contributed by atoms with van der Waals surface area (Å²) in [6, 6.07) is 6.78. The molecule has 0 bridgehead atoms. The number of fused-ring (bicyclic) bond motifs is 1. The molecule has 0 aromatic heterocycles. The summed E-state index contributed by atoms with van der Waals surface area (Å²) in [4.78, 5) is 0. The fourth-order valence-corrected chi connectivity index (χ4v) is 2.83. The largest absolute Gasteiger partial charge is 0.493 e. The van der Waals surface area contributed by atoms with E-state index in [1.165, 1.54) is 17.5 Å². The lowest BCUT2D eigenvalue weighted by atomic mass is 9.70. The molecule has 18 heavy (non-hydrogen) atoms. The van der Waals surface area contributed by atoms with Crippen LogP contribution in [0.5, 0.6) is 5.75 Å². The van der Waals surface area contributed by atoms with E-state index in [9.17, 15) is 0 Å². The van der Waals surface area contributed by atoms with E-state index in [4.69, 9.17) is 4.74 Å². The molecule has 0 saturated heterocycles. The van der Waals surface area contributed by atoms with E-state index >= 15 is 0 Å². The fourth-order valence-electron chi connectivity index (χ4n) is 2.83. The zero-order chi connectivity index (χ0) is 13.3. The van der Waals surface area contributed by atoms with Gasteiger partial charge in [0.1, 0.15) is 5.75 Å². The van der Waals surface area contributed by atoms with Crippen molar-refractivity contribution in [2.75, 3.05) is 6.61 Å². The van der Waals surface area contributed by atoms with Crippen molar-refractivity contribution in [2.24, 2.45) is 5.92 Å². The molecule has 1 aliphatic rings. The van der Waals surface area contributed by atoms with E-state index in [2.05, 4.69) is 52.8 Å². The van der Waals surface area contributed by atoms with Gasteiger partial charge in [-0.25, -0.2) is 0 Å². The minimum absolute atomic E-state index is 0.247. The van der Waals surface area contributed by atoms with Crippen LogP contribution in [-0.4, -0.2) is 6.61 Å². The highest BCUT2D eigenvalue weighted by molar-refractivity contribution is 5.44. The number of benzene rings is 1. The van der Waals surface area contributed by atoms with Crippen LogP contribution in [0.2, 0.25) is 0 Å². The second-order valence-electron chi connectivity index (χ2n) is 6.43. The Hall–Kier alpha value is -0.980. The standard InChI is InChI=1S/C17H26O/c1-12(2)14-7-8-16-15(11-14)17(5,13(3)4)9-6-10-18-16/h7-8,11-13H,6,9-10H2,1-5H3. The monoisotopic (exact) mass is 246 g/mol.